The number of nitrogens with one attached hydrogen (secondary N) is 1. The first-order valence-electron chi connectivity index (χ1n) is 7.32. The molecule has 0 radical (unpaired) electrons. The van der Waals surface area contributed by atoms with Gasteiger partial charge in [0.1, 0.15) is 0 Å². The molecule has 1 aliphatic heterocycles. The van der Waals surface area contributed by atoms with Crippen LogP contribution in [-0.4, -0.2) is 25.0 Å². The molecule has 1 heterocycles. The number of amides is 1. The first-order valence-corrected chi connectivity index (χ1v) is 7.32. The molecule has 19 heavy (non-hydrogen) atoms. The van der Waals surface area contributed by atoms with E-state index in [0.29, 0.717) is 0 Å². The molecule has 0 fully saturated rings. The van der Waals surface area contributed by atoms with Crippen molar-refractivity contribution in [2.75, 3.05) is 18.0 Å². The third kappa shape index (κ3) is 2.81. The maximum atomic E-state index is 12.7. The first-order chi connectivity index (χ1) is 9.19. The van der Waals surface area contributed by atoms with Crippen LogP contribution in [0.15, 0.2) is 18.2 Å². The quantitative estimate of drug-likeness (QED) is 0.902. The maximum absolute atomic E-state index is 12.7. The summed E-state index contributed by atoms with van der Waals surface area (Å²) in [5, 5.41) is 3.33. The summed E-state index contributed by atoms with van der Waals surface area (Å²) in [7, 11) is 0. The fraction of sp³-hybridized carbons (Fsp3) is 0.562. The van der Waals surface area contributed by atoms with Crippen molar-refractivity contribution in [3.8, 4) is 0 Å². The molecule has 3 heteroatoms. The van der Waals surface area contributed by atoms with Crippen molar-refractivity contribution in [1.29, 1.82) is 0 Å². The molecular formula is C16H24N2O. The lowest BCUT2D eigenvalue weighted by atomic mass is 10.0. The Balaban J connectivity index is 2.41. The molecule has 1 N–H and O–H groups in total. The van der Waals surface area contributed by atoms with Gasteiger partial charge in [-0.3, -0.25) is 4.79 Å². The Morgan fingerprint density at radius 1 is 1.37 bits per heavy atom. The van der Waals surface area contributed by atoms with Crippen LogP contribution in [0.3, 0.4) is 0 Å². The van der Waals surface area contributed by atoms with Gasteiger partial charge in [-0.25, -0.2) is 0 Å². The highest BCUT2D eigenvalue weighted by molar-refractivity contribution is 5.99. The highest BCUT2D eigenvalue weighted by Crippen LogP contribution is 2.30. The maximum Gasteiger partial charge on any atom is 0.244 e. The molecule has 0 aromatic heterocycles. The van der Waals surface area contributed by atoms with Crippen LogP contribution in [0.2, 0.25) is 0 Å². The number of carbonyl (C=O) groups excluding carboxylic acids is 1. The number of para-hydroxylation sites is 1. The molecule has 1 aromatic carbocycles. The molecule has 0 saturated carbocycles. The van der Waals surface area contributed by atoms with E-state index in [2.05, 4.69) is 44.3 Å². The summed E-state index contributed by atoms with van der Waals surface area (Å²) in [4.78, 5) is 14.7. The number of hydrogen-bond donors (Lipinski definition) is 1. The van der Waals surface area contributed by atoms with Crippen LogP contribution in [0.5, 0.6) is 0 Å². The number of fused-ring (bicyclic) bond motifs is 1. The standard InChI is InChI=1S/C16H24N2O/c1-4-11-18-15-12(3)7-6-8-13(15)9-10-14(16(18)19)17-5-2/h6-8,14,17H,4-5,9-11H2,1-3H3/t14-/m0/s1. The molecule has 0 unspecified atom stereocenters. The van der Waals surface area contributed by atoms with E-state index in [4.69, 9.17) is 0 Å². The molecule has 0 spiro atoms. The third-order valence-corrected chi connectivity index (χ3v) is 3.76. The van der Waals surface area contributed by atoms with Crippen molar-refractivity contribution >= 4 is 11.6 Å². The van der Waals surface area contributed by atoms with Crippen LogP contribution >= 0.6 is 0 Å². The van der Waals surface area contributed by atoms with Gasteiger partial charge in [0.15, 0.2) is 0 Å². The largest absolute Gasteiger partial charge is 0.311 e. The zero-order chi connectivity index (χ0) is 13.8. The van der Waals surface area contributed by atoms with Crippen molar-refractivity contribution in [3.63, 3.8) is 0 Å². The molecule has 0 saturated heterocycles. The lowest BCUT2D eigenvalue weighted by molar-refractivity contribution is -0.120. The van der Waals surface area contributed by atoms with Crippen molar-refractivity contribution < 1.29 is 4.79 Å². The van der Waals surface area contributed by atoms with E-state index < -0.39 is 0 Å². The minimum Gasteiger partial charge on any atom is -0.311 e. The average Bonchev–Trinajstić information content (AvgIpc) is 2.52. The molecule has 1 aromatic rings. The second-order valence-electron chi connectivity index (χ2n) is 5.22. The number of benzene rings is 1. The van der Waals surface area contributed by atoms with Gasteiger partial charge in [0, 0.05) is 12.2 Å². The Kier molecular flexibility index (Phi) is 4.59. The molecular weight excluding hydrogens is 236 g/mol. The van der Waals surface area contributed by atoms with Crippen LogP contribution in [0.25, 0.3) is 0 Å². The normalized spacial score (nSPS) is 19.2. The predicted molar refractivity (Wildman–Crippen MR) is 79.6 cm³/mol. The average molecular weight is 260 g/mol. The van der Waals surface area contributed by atoms with Crippen molar-refractivity contribution in [2.45, 2.75) is 46.1 Å². The van der Waals surface area contributed by atoms with Gasteiger partial charge in [-0.05, 0) is 43.9 Å². The van der Waals surface area contributed by atoms with Gasteiger partial charge < -0.3 is 10.2 Å². The molecule has 2 rings (SSSR count). The topological polar surface area (TPSA) is 32.3 Å². The summed E-state index contributed by atoms with van der Waals surface area (Å²) in [5.74, 6) is 0.233. The first kappa shape index (κ1) is 14.1. The number of carbonyl (C=O) groups is 1. The predicted octanol–water partition coefficient (Wildman–Crippen LogP) is 2.66. The van der Waals surface area contributed by atoms with Crippen LogP contribution in [-0.2, 0) is 11.2 Å². The summed E-state index contributed by atoms with van der Waals surface area (Å²) in [6.45, 7) is 7.92. The van der Waals surface area contributed by atoms with E-state index in [-0.39, 0.29) is 11.9 Å². The number of aryl methyl sites for hydroxylation is 2. The smallest absolute Gasteiger partial charge is 0.244 e. The lowest BCUT2D eigenvalue weighted by Gasteiger charge is -2.27. The highest BCUT2D eigenvalue weighted by Gasteiger charge is 2.29. The van der Waals surface area contributed by atoms with Gasteiger partial charge in [-0.1, -0.05) is 32.0 Å². The summed E-state index contributed by atoms with van der Waals surface area (Å²) in [5.41, 5.74) is 3.66. The zero-order valence-corrected chi connectivity index (χ0v) is 12.2. The Hall–Kier alpha value is -1.35. The second kappa shape index (κ2) is 6.20. The molecule has 104 valence electrons. The van der Waals surface area contributed by atoms with Crippen LogP contribution < -0.4 is 10.2 Å². The van der Waals surface area contributed by atoms with Crippen molar-refractivity contribution in [3.05, 3.63) is 29.3 Å². The van der Waals surface area contributed by atoms with E-state index in [1.165, 1.54) is 11.1 Å². The van der Waals surface area contributed by atoms with E-state index in [1.54, 1.807) is 0 Å². The number of hydrogen-bond acceptors (Lipinski definition) is 2. The van der Waals surface area contributed by atoms with E-state index >= 15 is 0 Å². The molecule has 0 bridgehead atoms. The van der Waals surface area contributed by atoms with Gasteiger partial charge in [-0.2, -0.15) is 0 Å². The zero-order valence-electron chi connectivity index (χ0n) is 12.2. The second-order valence-corrected chi connectivity index (χ2v) is 5.22. The summed E-state index contributed by atoms with van der Waals surface area (Å²) in [6, 6.07) is 6.31. The van der Waals surface area contributed by atoms with Gasteiger partial charge in [0.2, 0.25) is 5.91 Å². The minimum atomic E-state index is -0.0386. The summed E-state index contributed by atoms with van der Waals surface area (Å²) >= 11 is 0. The fourth-order valence-electron chi connectivity index (χ4n) is 2.91. The summed E-state index contributed by atoms with van der Waals surface area (Å²) < 4.78 is 0. The number of nitrogens with zero attached hydrogens (tertiary/aromatic N) is 1. The van der Waals surface area contributed by atoms with Gasteiger partial charge in [0.05, 0.1) is 6.04 Å². The SMILES string of the molecule is CCCN1C(=O)[C@@H](NCC)CCc2cccc(C)c21. The van der Waals surface area contributed by atoms with E-state index in [9.17, 15) is 4.79 Å². The summed E-state index contributed by atoms with van der Waals surface area (Å²) in [6.07, 6.45) is 2.85. The van der Waals surface area contributed by atoms with E-state index in [0.717, 1.165) is 38.0 Å². The van der Waals surface area contributed by atoms with Crippen LogP contribution in [0.4, 0.5) is 5.69 Å². The fourth-order valence-corrected chi connectivity index (χ4v) is 2.91. The molecule has 1 atom stereocenters. The van der Waals surface area contributed by atoms with Crippen LogP contribution in [0, 0.1) is 6.92 Å². The molecule has 3 nitrogen and oxygen atoms in total. The number of rotatable bonds is 4. The Labute approximate surface area is 116 Å². The van der Waals surface area contributed by atoms with Crippen molar-refractivity contribution in [2.24, 2.45) is 0 Å². The minimum absolute atomic E-state index is 0.0386. The Morgan fingerprint density at radius 2 is 2.16 bits per heavy atom. The van der Waals surface area contributed by atoms with Gasteiger partial charge >= 0.3 is 0 Å². The third-order valence-electron chi connectivity index (χ3n) is 3.76. The van der Waals surface area contributed by atoms with Gasteiger partial charge in [-0.15, -0.1) is 0 Å². The van der Waals surface area contributed by atoms with Crippen LogP contribution in [0.1, 0.15) is 37.8 Å². The Bertz CT molecular complexity index is 456. The molecule has 1 aliphatic rings. The molecule has 0 aliphatic carbocycles. The Morgan fingerprint density at radius 3 is 2.84 bits per heavy atom. The van der Waals surface area contributed by atoms with Gasteiger partial charge in [0.25, 0.3) is 0 Å². The van der Waals surface area contributed by atoms with Crippen molar-refractivity contribution in [1.82, 2.24) is 5.32 Å². The lowest BCUT2D eigenvalue weighted by Crippen LogP contribution is -2.46. The highest BCUT2D eigenvalue weighted by atomic mass is 16.2. The van der Waals surface area contributed by atoms with E-state index in [1.807, 2.05) is 4.90 Å². The number of anilines is 1. The molecule has 1 amide bonds. The number of likely N-dealkylation sites (N-methyl/N-ethyl adjacent to an activating group) is 1. The monoisotopic (exact) mass is 260 g/mol.